The van der Waals surface area contributed by atoms with E-state index in [1.807, 2.05) is 0 Å². The third-order valence-electron chi connectivity index (χ3n) is 1.53. The van der Waals surface area contributed by atoms with E-state index >= 15 is 0 Å². The summed E-state index contributed by atoms with van der Waals surface area (Å²) in [5.74, 6) is 0. The van der Waals surface area contributed by atoms with Gasteiger partial charge in [-0.05, 0) is 0 Å². The van der Waals surface area contributed by atoms with Crippen molar-refractivity contribution in [3.63, 3.8) is 0 Å². The van der Waals surface area contributed by atoms with Gasteiger partial charge in [-0.1, -0.05) is 0 Å². The number of carbonyl (C=O) groups excluding carboxylic acids is 2. The molecule has 0 saturated carbocycles. The predicted molar refractivity (Wildman–Crippen MR) is 63.0 cm³/mol. The first-order valence-corrected chi connectivity index (χ1v) is 6.76. The van der Waals surface area contributed by atoms with Gasteiger partial charge in [0.15, 0.2) is 0 Å². The number of hydrogen-bond acceptors (Lipinski definition) is 10. The number of isocyanates is 2. The van der Waals surface area contributed by atoms with Gasteiger partial charge in [0, 0.05) is 0 Å². The molecule has 0 saturated heterocycles. The molecule has 110 valence electrons. The monoisotopic (exact) mass is 305 g/mol. The fraction of sp³-hybridized carbons (Fsp3) is 0.667. The third kappa shape index (κ3) is 10.1. The minimum Gasteiger partial charge on any atom is -0.425 e. The molecule has 20 heavy (non-hydrogen) atoms. The van der Waals surface area contributed by atoms with Crippen molar-refractivity contribution in [2.24, 2.45) is 9.98 Å². The van der Waals surface area contributed by atoms with E-state index in [4.69, 9.17) is 18.8 Å². The number of nitriles is 1. The Balaban J connectivity index is 4.25. The van der Waals surface area contributed by atoms with Gasteiger partial charge in [-0.3, -0.25) is 13.6 Å². The van der Waals surface area contributed by atoms with Crippen molar-refractivity contribution in [2.45, 2.75) is 0 Å². The summed E-state index contributed by atoms with van der Waals surface area (Å²) in [5.41, 5.74) is 0. The zero-order chi connectivity index (χ0) is 15.1. The summed E-state index contributed by atoms with van der Waals surface area (Å²) < 4.78 is 30.9. The summed E-state index contributed by atoms with van der Waals surface area (Å²) >= 11 is 0. The number of rotatable bonds is 12. The molecule has 0 unspecified atom stereocenters. The van der Waals surface area contributed by atoms with Crippen LogP contribution in [0.5, 0.6) is 0 Å². The zero-order valence-corrected chi connectivity index (χ0v) is 11.3. The Morgan fingerprint density at radius 2 is 1.40 bits per heavy atom. The van der Waals surface area contributed by atoms with Crippen molar-refractivity contribution in [1.29, 1.82) is 5.26 Å². The molecule has 0 N–H and O–H groups in total. The molecule has 0 aliphatic heterocycles. The molecule has 0 spiro atoms. The molecule has 11 heteroatoms. The van der Waals surface area contributed by atoms with Crippen LogP contribution < -0.4 is 0 Å². The summed E-state index contributed by atoms with van der Waals surface area (Å²) in [5, 5.41) is 8.14. The summed E-state index contributed by atoms with van der Waals surface area (Å²) in [6, 6.07) is 0. The summed E-state index contributed by atoms with van der Waals surface area (Å²) in [6.45, 7) is -0.862. The van der Waals surface area contributed by atoms with Crippen molar-refractivity contribution >= 4 is 20.0 Å². The smallest absolute Gasteiger partial charge is 0.425 e. The first-order valence-electron chi connectivity index (χ1n) is 5.30. The van der Waals surface area contributed by atoms with Crippen LogP contribution in [0.3, 0.4) is 0 Å². The van der Waals surface area contributed by atoms with Crippen molar-refractivity contribution in [3.05, 3.63) is 0 Å². The van der Waals surface area contributed by atoms with E-state index in [9.17, 15) is 14.2 Å². The Labute approximate surface area is 114 Å². The molecule has 10 nitrogen and oxygen atoms in total. The van der Waals surface area contributed by atoms with Gasteiger partial charge in [0.2, 0.25) is 12.2 Å². The van der Waals surface area contributed by atoms with Crippen LogP contribution in [0.15, 0.2) is 9.98 Å². The highest BCUT2D eigenvalue weighted by Crippen LogP contribution is 2.49. The molecule has 0 aliphatic rings. The fourth-order valence-electron chi connectivity index (χ4n) is 0.836. The standard InChI is InChI=1S/C9H12N3O7P/c10-7-16-5-6-19-20(15,17-3-1-11-8-13)18-4-2-12-9-14/h1-6H2. The molecule has 0 atom stereocenters. The van der Waals surface area contributed by atoms with Crippen LogP contribution in [-0.2, 0) is 32.5 Å². The SMILES string of the molecule is N#COCCOP(=O)(OCCN=C=O)OCCN=C=O. The number of aliphatic imine (C=N–C) groups is 2. The van der Waals surface area contributed by atoms with Gasteiger partial charge in [-0.25, -0.2) is 24.1 Å². The number of nitrogens with zero attached hydrogens (tertiary/aromatic N) is 3. The van der Waals surface area contributed by atoms with Gasteiger partial charge in [0.05, 0.1) is 32.9 Å². The average Bonchev–Trinajstić information content (AvgIpc) is 2.45. The van der Waals surface area contributed by atoms with Crippen LogP contribution in [0.4, 0.5) is 0 Å². The fourth-order valence-corrected chi connectivity index (χ4v) is 1.97. The molecule has 0 amide bonds. The third-order valence-corrected chi connectivity index (χ3v) is 3.03. The van der Waals surface area contributed by atoms with E-state index < -0.39 is 7.82 Å². The highest BCUT2D eigenvalue weighted by molar-refractivity contribution is 7.48. The van der Waals surface area contributed by atoms with E-state index in [1.54, 1.807) is 0 Å². The molecule has 0 fully saturated rings. The van der Waals surface area contributed by atoms with Crippen molar-refractivity contribution in [3.8, 4) is 6.26 Å². The van der Waals surface area contributed by atoms with E-state index in [-0.39, 0.29) is 39.5 Å². The lowest BCUT2D eigenvalue weighted by molar-refractivity contribution is 0.0982. The maximum Gasteiger partial charge on any atom is 0.475 e. The van der Waals surface area contributed by atoms with Crippen molar-refractivity contribution < 1.29 is 32.5 Å². The van der Waals surface area contributed by atoms with Gasteiger partial charge in [-0.2, -0.15) is 5.26 Å². The van der Waals surface area contributed by atoms with E-state index in [1.165, 1.54) is 18.4 Å². The van der Waals surface area contributed by atoms with Crippen LogP contribution in [0.25, 0.3) is 0 Å². The second-order valence-corrected chi connectivity index (χ2v) is 4.50. The van der Waals surface area contributed by atoms with Crippen LogP contribution in [-0.4, -0.2) is 51.7 Å². The lowest BCUT2D eigenvalue weighted by Gasteiger charge is -2.16. The molecular weight excluding hydrogens is 293 g/mol. The predicted octanol–water partition coefficient (Wildman–Crippen LogP) is 0.314. The van der Waals surface area contributed by atoms with Crippen LogP contribution >= 0.6 is 7.82 Å². The first kappa shape index (κ1) is 18.2. The summed E-state index contributed by atoms with van der Waals surface area (Å²) in [4.78, 5) is 26.1. The number of hydrogen-bond donors (Lipinski definition) is 0. The maximum atomic E-state index is 12.0. The van der Waals surface area contributed by atoms with Crippen LogP contribution in [0.2, 0.25) is 0 Å². The van der Waals surface area contributed by atoms with Gasteiger partial charge < -0.3 is 4.74 Å². The largest absolute Gasteiger partial charge is 0.475 e. The maximum absolute atomic E-state index is 12.0. The van der Waals surface area contributed by atoms with Gasteiger partial charge in [-0.15, -0.1) is 0 Å². The minimum atomic E-state index is -3.91. The normalized spacial score (nSPS) is 12.3. The Bertz CT molecular complexity index is 423. The lowest BCUT2D eigenvalue weighted by Crippen LogP contribution is -2.08. The molecule has 0 aliphatic carbocycles. The van der Waals surface area contributed by atoms with E-state index in [0.29, 0.717) is 0 Å². The highest BCUT2D eigenvalue weighted by Gasteiger charge is 2.26. The molecule has 0 rings (SSSR count). The molecule has 0 aromatic carbocycles. The van der Waals surface area contributed by atoms with Crippen molar-refractivity contribution in [1.82, 2.24) is 0 Å². The molecule has 0 bridgehead atoms. The van der Waals surface area contributed by atoms with Gasteiger partial charge in [0.25, 0.3) is 6.26 Å². The van der Waals surface area contributed by atoms with Crippen LogP contribution in [0, 0.1) is 11.5 Å². The Morgan fingerprint density at radius 1 is 0.900 bits per heavy atom. The Kier molecular flexibility index (Phi) is 11.1. The number of phosphoric acid groups is 1. The minimum absolute atomic E-state index is 0.0681. The van der Waals surface area contributed by atoms with Crippen LogP contribution in [0.1, 0.15) is 0 Å². The highest BCUT2D eigenvalue weighted by atomic mass is 31.2. The lowest BCUT2D eigenvalue weighted by atomic mass is 10.7. The molecular formula is C9H12N3O7P. The summed E-state index contributed by atoms with van der Waals surface area (Å²) in [7, 11) is -3.91. The van der Waals surface area contributed by atoms with Crippen molar-refractivity contribution in [2.75, 3.05) is 39.5 Å². The number of phosphoric ester groups is 1. The average molecular weight is 305 g/mol. The summed E-state index contributed by atoms with van der Waals surface area (Å²) in [6.07, 6.45) is 3.97. The number of ether oxygens (including phenoxy) is 1. The Morgan fingerprint density at radius 3 is 1.85 bits per heavy atom. The van der Waals surface area contributed by atoms with E-state index in [0.717, 1.165) is 0 Å². The van der Waals surface area contributed by atoms with Gasteiger partial charge in [0.1, 0.15) is 6.61 Å². The molecule has 0 radical (unpaired) electrons. The topological polar surface area (TPSA) is 137 Å². The molecule has 0 aromatic rings. The quantitative estimate of drug-likeness (QED) is 0.165. The van der Waals surface area contributed by atoms with E-state index in [2.05, 4.69) is 14.7 Å². The molecule has 0 heterocycles. The zero-order valence-electron chi connectivity index (χ0n) is 10.4. The van der Waals surface area contributed by atoms with Gasteiger partial charge >= 0.3 is 7.82 Å². The molecule has 0 aromatic heterocycles. The second kappa shape index (κ2) is 12.2. The first-order chi connectivity index (χ1) is 9.68. The Hall–Kier alpha value is -1.84. The second-order valence-electron chi connectivity index (χ2n) is 2.83.